The van der Waals surface area contributed by atoms with E-state index in [1.54, 1.807) is 12.1 Å². The third kappa shape index (κ3) is 4.53. The summed E-state index contributed by atoms with van der Waals surface area (Å²) in [6.45, 7) is -0.00429. The van der Waals surface area contributed by atoms with Gasteiger partial charge in [0, 0.05) is 0 Å². The molecule has 4 nitrogen and oxygen atoms in total. The zero-order chi connectivity index (χ0) is 9.90. The van der Waals surface area contributed by atoms with Crippen LogP contribution in [0.4, 0.5) is 0 Å². The summed E-state index contributed by atoms with van der Waals surface area (Å²) >= 11 is 2.05. The van der Waals surface area contributed by atoms with Crippen molar-refractivity contribution in [2.45, 2.75) is 6.61 Å². The summed E-state index contributed by atoms with van der Waals surface area (Å²) in [5.74, 6) is 0. The van der Waals surface area contributed by atoms with Crippen LogP contribution < -0.4 is 0 Å². The van der Waals surface area contributed by atoms with Gasteiger partial charge in [-0.25, -0.2) is 4.98 Å². The van der Waals surface area contributed by atoms with Gasteiger partial charge in [0.2, 0.25) is 0 Å². The molecule has 0 saturated carbocycles. The fourth-order valence-corrected chi connectivity index (χ4v) is 1.55. The van der Waals surface area contributed by atoms with E-state index in [-0.39, 0.29) is 6.61 Å². The van der Waals surface area contributed by atoms with E-state index in [0.29, 0.717) is 5.69 Å². The van der Waals surface area contributed by atoms with Gasteiger partial charge in [0.25, 0.3) is 10.1 Å². The van der Waals surface area contributed by atoms with Gasteiger partial charge in [0.05, 0.1) is 11.9 Å². The summed E-state index contributed by atoms with van der Waals surface area (Å²) in [6, 6.07) is 5.34. The summed E-state index contributed by atoms with van der Waals surface area (Å²) in [5, 5.41) is 0. The Morgan fingerprint density at radius 3 is 2.77 bits per heavy atom. The van der Waals surface area contributed by atoms with Gasteiger partial charge in [-0.1, -0.05) is 6.07 Å². The van der Waals surface area contributed by atoms with E-state index in [1.807, 2.05) is 28.7 Å². The summed E-state index contributed by atoms with van der Waals surface area (Å²) in [4.78, 5) is 4.07. The number of halogens is 1. The van der Waals surface area contributed by atoms with Crippen LogP contribution in [0.2, 0.25) is 0 Å². The normalized spacial score (nSPS) is 11.5. The maximum Gasteiger partial charge on any atom is 0.264 e. The first-order chi connectivity index (χ1) is 5.97. The van der Waals surface area contributed by atoms with Gasteiger partial charge in [-0.05, 0) is 34.7 Å². The van der Waals surface area contributed by atoms with Crippen LogP contribution in [-0.4, -0.2) is 19.7 Å². The Labute approximate surface area is 90.6 Å². The van der Waals surface area contributed by atoms with E-state index in [9.17, 15) is 8.42 Å². The lowest BCUT2D eigenvalue weighted by Crippen LogP contribution is -2.04. The van der Waals surface area contributed by atoms with E-state index < -0.39 is 10.1 Å². The van der Waals surface area contributed by atoms with E-state index in [4.69, 9.17) is 0 Å². The quantitative estimate of drug-likeness (QED) is 0.477. The van der Waals surface area contributed by atoms with Crippen molar-refractivity contribution in [2.75, 3.05) is 6.26 Å². The second kappa shape index (κ2) is 4.34. The Bertz CT molecular complexity index is 390. The van der Waals surface area contributed by atoms with Crippen LogP contribution in [0.15, 0.2) is 18.2 Å². The summed E-state index contributed by atoms with van der Waals surface area (Å²) in [5.41, 5.74) is 0.609. The van der Waals surface area contributed by atoms with Crippen LogP contribution in [0.25, 0.3) is 0 Å². The van der Waals surface area contributed by atoms with Crippen LogP contribution in [0.5, 0.6) is 0 Å². The molecule has 0 saturated heterocycles. The second-order valence-electron chi connectivity index (χ2n) is 2.42. The third-order valence-electron chi connectivity index (χ3n) is 1.19. The summed E-state index contributed by atoms with van der Waals surface area (Å²) in [6.07, 6.45) is 1.01. The molecule has 0 aliphatic rings. The Kier molecular flexibility index (Phi) is 3.63. The monoisotopic (exact) mass is 313 g/mol. The molecule has 0 N–H and O–H groups in total. The Morgan fingerprint density at radius 1 is 1.54 bits per heavy atom. The largest absolute Gasteiger partial charge is 0.264 e. The fraction of sp³-hybridized carbons (Fsp3) is 0.286. The van der Waals surface area contributed by atoms with Crippen molar-refractivity contribution in [3.05, 3.63) is 27.6 Å². The number of hydrogen-bond donors (Lipinski definition) is 0. The van der Waals surface area contributed by atoms with Crippen molar-refractivity contribution >= 4 is 32.7 Å². The standard InChI is InChI=1S/C7H8INO3S/c1-13(10,11)12-5-6-3-2-4-7(8)9-6/h2-4H,5H2,1H3. The predicted molar refractivity (Wildman–Crippen MR) is 56.6 cm³/mol. The molecule has 0 spiro atoms. The van der Waals surface area contributed by atoms with Gasteiger partial charge < -0.3 is 0 Å². The molecule has 1 aromatic rings. The van der Waals surface area contributed by atoms with Crippen molar-refractivity contribution in [2.24, 2.45) is 0 Å². The Morgan fingerprint density at radius 2 is 2.23 bits per heavy atom. The van der Waals surface area contributed by atoms with Crippen molar-refractivity contribution in [3.8, 4) is 0 Å². The maximum atomic E-state index is 10.6. The zero-order valence-electron chi connectivity index (χ0n) is 6.90. The molecule has 72 valence electrons. The Hall–Kier alpha value is -0.210. The molecular formula is C7H8INO3S. The molecule has 1 aromatic heterocycles. The third-order valence-corrected chi connectivity index (χ3v) is 2.34. The van der Waals surface area contributed by atoms with Gasteiger partial charge >= 0.3 is 0 Å². The van der Waals surface area contributed by atoms with Gasteiger partial charge in [-0.3, -0.25) is 4.18 Å². The molecule has 0 unspecified atom stereocenters. The topological polar surface area (TPSA) is 56.3 Å². The number of pyridine rings is 1. The minimum atomic E-state index is -3.38. The first-order valence-electron chi connectivity index (χ1n) is 3.43. The fourth-order valence-electron chi connectivity index (χ4n) is 0.698. The smallest absolute Gasteiger partial charge is 0.264 e. The minimum Gasteiger partial charge on any atom is -0.264 e. The summed E-state index contributed by atoms with van der Waals surface area (Å²) in [7, 11) is -3.38. The highest BCUT2D eigenvalue weighted by atomic mass is 127. The highest BCUT2D eigenvalue weighted by Gasteiger charge is 2.03. The van der Waals surface area contributed by atoms with Crippen molar-refractivity contribution in [1.82, 2.24) is 4.98 Å². The molecule has 6 heteroatoms. The number of aromatic nitrogens is 1. The van der Waals surface area contributed by atoms with E-state index in [2.05, 4.69) is 9.17 Å². The van der Waals surface area contributed by atoms with Gasteiger partial charge in [-0.2, -0.15) is 8.42 Å². The van der Waals surface area contributed by atoms with Crippen LogP contribution >= 0.6 is 22.6 Å². The number of rotatable bonds is 3. The van der Waals surface area contributed by atoms with Gasteiger partial charge in [0.1, 0.15) is 10.3 Å². The predicted octanol–water partition coefficient (Wildman–Crippen LogP) is 1.16. The van der Waals surface area contributed by atoms with E-state index in [0.717, 1.165) is 9.96 Å². The maximum absolute atomic E-state index is 10.6. The van der Waals surface area contributed by atoms with E-state index in [1.165, 1.54) is 0 Å². The van der Waals surface area contributed by atoms with Gasteiger partial charge in [-0.15, -0.1) is 0 Å². The lowest BCUT2D eigenvalue weighted by Gasteiger charge is -2.00. The first-order valence-corrected chi connectivity index (χ1v) is 6.33. The van der Waals surface area contributed by atoms with Gasteiger partial charge in [0.15, 0.2) is 0 Å². The van der Waals surface area contributed by atoms with Crippen molar-refractivity contribution < 1.29 is 12.6 Å². The SMILES string of the molecule is CS(=O)(=O)OCc1cccc(I)n1. The molecule has 13 heavy (non-hydrogen) atoms. The molecule has 1 rings (SSSR count). The van der Waals surface area contributed by atoms with E-state index >= 15 is 0 Å². The molecule has 0 aliphatic heterocycles. The number of nitrogens with zero attached hydrogens (tertiary/aromatic N) is 1. The molecule has 0 aromatic carbocycles. The highest BCUT2D eigenvalue weighted by molar-refractivity contribution is 14.1. The van der Waals surface area contributed by atoms with Crippen LogP contribution in [-0.2, 0) is 20.9 Å². The Balaban J connectivity index is 2.65. The second-order valence-corrected chi connectivity index (χ2v) is 5.17. The van der Waals surface area contributed by atoms with Crippen LogP contribution in [0, 0.1) is 3.70 Å². The molecule has 0 bridgehead atoms. The molecule has 0 aliphatic carbocycles. The van der Waals surface area contributed by atoms with Crippen molar-refractivity contribution in [1.29, 1.82) is 0 Å². The average molecular weight is 313 g/mol. The lowest BCUT2D eigenvalue weighted by molar-refractivity contribution is 0.307. The summed E-state index contributed by atoms with van der Waals surface area (Å²) < 4.78 is 26.7. The van der Waals surface area contributed by atoms with Crippen molar-refractivity contribution in [3.63, 3.8) is 0 Å². The zero-order valence-corrected chi connectivity index (χ0v) is 9.87. The highest BCUT2D eigenvalue weighted by Crippen LogP contribution is 2.04. The minimum absolute atomic E-state index is 0.00429. The average Bonchev–Trinajstić information content (AvgIpc) is 2.00. The molecule has 0 amide bonds. The van der Waals surface area contributed by atoms with Crippen LogP contribution in [0.3, 0.4) is 0 Å². The molecule has 0 radical (unpaired) electrons. The molecule has 0 atom stereocenters. The number of hydrogen-bond acceptors (Lipinski definition) is 4. The molecule has 0 fully saturated rings. The first kappa shape index (κ1) is 10.9. The molecule has 1 heterocycles. The lowest BCUT2D eigenvalue weighted by atomic mass is 10.4. The molecular weight excluding hydrogens is 305 g/mol. The van der Waals surface area contributed by atoms with Crippen LogP contribution in [0.1, 0.15) is 5.69 Å².